The van der Waals surface area contributed by atoms with E-state index in [1.54, 1.807) is 13.0 Å². The van der Waals surface area contributed by atoms with E-state index in [1.807, 2.05) is 0 Å². The normalized spacial score (nSPS) is 11.6. The molecule has 0 fully saturated rings. The summed E-state index contributed by atoms with van der Waals surface area (Å²) in [6.45, 7) is 3.01. The topological polar surface area (TPSA) is 124 Å². The third-order valence-electron chi connectivity index (χ3n) is 2.26. The molecule has 19 heavy (non-hydrogen) atoms. The fourth-order valence-corrected chi connectivity index (χ4v) is 1.44. The van der Waals surface area contributed by atoms with Crippen molar-refractivity contribution in [2.45, 2.75) is 13.0 Å². The van der Waals surface area contributed by atoms with Crippen LogP contribution >= 0.6 is 0 Å². The summed E-state index contributed by atoms with van der Waals surface area (Å²) in [5.41, 5.74) is -0.347. The number of nitrogens with one attached hydrogen (secondary N) is 2. The monoisotopic (exact) mass is 265 g/mol. The van der Waals surface area contributed by atoms with Gasteiger partial charge in [-0.1, -0.05) is 0 Å². The number of hydrogen-bond donors (Lipinski definition) is 3. The van der Waals surface area contributed by atoms with Crippen LogP contribution < -0.4 is 10.6 Å². The van der Waals surface area contributed by atoms with E-state index in [-0.39, 0.29) is 17.1 Å². The van der Waals surface area contributed by atoms with Crippen LogP contribution in [0.2, 0.25) is 0 Å². The van der Waals surface area contributed by atoms with Crippen LogP contribution in [0.4, 0.5) is 11.5 Å². The van der Waals surface area contributed by atoms with Gasteiger partial charge in [-0.2, -0.15) is 5.26 Å². The van der Waals surface area contributed by atoms with E-state index in [0.717, 1.165) is 0 Å². The van der Waals surface area contributed by atoms with Gasteiger partial charge < -0.3 is 15.7 Å². The first kappa shape index (κ1) is 14.8. The molecule has 0 saturated carbocycles. The second-order valence-electron chi connectivity index (χ2n) is 3.90. The Bertz CT molecular complexity index is 484. The SMILES string of the molecule is CC(O)CNCCNc1nccc(C#N)c1[N+](=O)[O-]. The Kier molecular flexibility index (Phi) is 5.66. The summed E-state index contributed by atoms with van der Waals surface area (Å²) in [6.07, 6.45) is 0.895. The van der Waals surface area contributed by atoms with E-state index in [1.165, 1.54) is 12.3 Å². The van der Waals surface area contributed by atoms with Crippen molar-refractivity contribution in [2.24, 2.45) is 0 Å². The second-order valence-corrected chi connectivity index (χ2v) is 3.90. The molecule has 8 heteroatoms. The van der Waals surface area contributed by atoms with Crippen LogP contribution in [0.3, 0.4) is 0 Å². The minimum atomic E-state index is -0.628. The standard InChI is InChI=1S/C11H15N5O3/c1-8(17)7-13-4-5-15-11-10(16(18)19)9(6-12)2-3-14-11/h2-3,8,13,17H,4-5,7H2,1H3,(H,14,15). The first-order chi connectivity index (χ1) is 9.06. The summed E-state index contributed by atoms with van der Waals surface area (Å²) in [4.78, 5) is 14.1. The Balaban J connectivity index is 2.64. The fraction of sp³-hybridized carbons (Fsp3) is 0.455. The first-order valence-electron chi connectivity index (χ1n) is 5.72. The molecule has 0 aliphatic heterocycles. The molecule has 1 atom stereocenters. The largest absolute Gasteiger partial charge is 0.392 e. The zero-order valence-corrected chi connectivity index (χ0v) is 10.5. The van der Waals surface area contributed by atoms with Crippen LogP contribution in [0.25, 0.3) is 0 Å². The summed E-state index contributed by atoms with van der Waals surface area (Å²) >= 11 is 0. The summed E-state index contributed by atoms with van der Waals surface area (Å²) in [7, 11) is 0. The molecule has 0 spiro atoms. The number of anilines is 1. The van der Waals surface area contributed by atoms with E-state index < -0.39 is 11.0 Å². The maximum atomic E-state index is 10.9. The fourth-order valence-electron chi connectivity index (χ4n) is 1.44. The maximum Gasteiger partial charge on any atom is 0.328 e. The van der Waals surface area contributed by atoms with Crippen LogP contribution in [0.15, 0.2) is 12.3 Å². The van der Waals surface area contributed by atoms with Crippen molar-refractivity contribution in [2.75, 3.05) is 25.0 Å². The average molecular weight is 265 g/mol. The highest BCUT2D eigenvalue weighted by Crippen LogP contribution is 2.25. The molecule has 0 saturated heterocycles. The molecule has 3 N–H and O–H groups in total. The lowest BCUT2D eigenvalue weighted by Crippen LogP contribution is -2.29. The number of hydrogen-bond acceptors (Lipinski definition) is 7. The van der Waals surface area contributed by atoms with Crippen LogP contribution in [0, 0.1) is 21.4 Å². The van der Waals surface area contributed by atoms with Gasteiger partial charge in [-0.3, -0.25) is 10.1 Å². The van der Waals surface area contributed by atoms with Crippen LogP contribution in [-0.2, 0) is 0 Å². The third kappa shape index (κ3) is 4.50. The maximum absolute atomic E-state index is 10.9. The van der Waals surface area contributed by atoms with Gasteiger partial charge in [-0.15, -0.1) is 0 Å². The number of nitro groups is 1. The number of aliphatic hydroxyl groups excluding tert-OH is 1. The van der Waals surface area contributed by atoms with Crippen LogP contribution in [-0.4, -0.2) is 40.8 Å². The Labute approximate surface area is 110 Å². The molecule has 0 aliphatic carbocycles. The minimum absolute atomic E-state index is 0.0283. The van der Waals surface area contributed by atoms with Gasteiger partial charge in [-0.25, -0.2) is 4.98 Å². The van der Waals surface area contributed by atoms with Gasteiger partial charge in [0.1, 0.15) is 11.6 Å². The molecule has 0 amide bonds. The number of nitriles is 1. The Hall–Kier alpha value is -2.24. The summed E-state index contributed by atoms with van der Waals surface area (Å²) in [5.74, 6) is 0.0721. The molecule has 1 rings (SSSR count). The number of nitrogens with zero attached hydrogens (tertiary/aromatic N) is 3. The second kappa shape index (κ2) is 7.25. The smallest absolute Gasteiger partial charge is 0.328 e. The van der Waals surface area contributed by atoms with Gasteiger partial charge >= 0.3 is 5.69 Å². The van der Waals surface area contributed by atoms with Crippen molar-refractivity contribution in [3.05, 3.63) is 27.9 Å². The molecule has 0 radical (unpaired) electrons. The van der Waals surface area contributed by atoms with Crippen molar-refractivity contribution in [1.82, 2.24) is 10.3 Å². The van der Waals surface area contributed by atoms with Crippen molar-refractivity contribution in [1.29, 1.82) is 5.26 Å². The highest BCUT2D eigenvalue weighted by molar-refractivity contribution is 5.63. The lowest BCUT2D eigenvalue weighted by Gasteiger charge is -2.09. The zero-order chi connectivity index (χ0) is 14.3. The molecule has 8 nitrogen and oxygen atoms in total. The molecule has 1 aromatic heterocycles. The Morgan fingerprint density at radius 1 is 1.63 bits per heavy atom. The van der Waals surface area contributed by atoms with Gasteiger partial charge in [0.25, 0.3) is 0 Å². The molecule has 0 aromatic carbocycles. The Morgan fingerprint density at radius 3 is 2.95 bits per heavy atom. The molecular formula is C11H15N5O3. The molecule has 0 bridgehead atoms. The highest BCUT2D eigenvalue weighted by Gasteiger charge is 2.20. The Morgan fingerprint density at radius 2 is 2.37 bits per heavy atom. The van der Waals surface area contributed by atoms with Crippen LogP contribution in [0.1, 0.15) is 12.5 Å². The molecule has 1 unspecified atom stereocenters. The molecule has 1 heterocycles. The van der Waals surface area contributed by atoms with Crippen molar-refractivity contribution in [3.8, 4) is 6.07 Å². The third-order valence-corrected chi connectivity index (χ3v) is 2.26. The first-order valence-corrected chi connectivity index (χ1v) is 5.72. The summed E-state index contributed by atoms with van der Waals surface area (Å²) < 4.78 is 0. The van der Waals surface area contributed by atoms with Gasteiger partial charge in [0, 0.05) is 25.8 Å². The molecular weight excluding hydrogens is 250 g/mol. The minimum Gasteiger partial charge on any atom is -0.392 e. The summed E-state index contributed by atoms with van der Waals surface area (Å²) in [6, 6.07) is 3.06. The quantitative estimate of drug-likeness (QED) is 0.366. The predicted octanol–water partition coefficient (Wildman–Crippen LogP) is 0.244. The number of aromatic nitrogens is 1. The number of pyridine rings is 1. The van der Waals surface area contributed by atoms with E-state index in [2.05, 4.69) is 15.6 Å². The predicted molar refractivity (Wildman–Crippen MR) is 68.6 cm³/mol. The lowest BCUT2D eigenvalue weighted by atomic mass is 10.2. The molecule has 0 aliphatic rings. The van der Waals surface area contributed by atoms with Crippen molar-refractivity contribution >= 4 is 11.5 Å². The van der Waals surface area contributed by atoms with E-state index in [9.17, 15) is 10.1 Å². The number of aliphatic hydroxyl groups is 1. The zero-order valence-electron chi connectivity index (χ0n) is 10.5. The lowest BCUT2D eigenvalue weighted by molar-refractivity contribution is -0.384. The van der Waals surface area contributed by atoms with E-state index in [4.69, 9.17) is 10.4 Å². The van der Waals surface area contributed by atoms with Gasteiger partial charge in [0.15, 0.2) is 0 Å². The van der Waals surface area contributed by atoms with Gasteiger partial charge in [-0.05, 0) is 13.0 Å². The molecule has 1 aromatic rings. The number of rotatable bonds is 7. The van der Waals surface area contributed by atoms with Crippen LogP contribution in [0.5, 0.6) is 0 Å². The molecule has 102 valence electrons. The van der Waals surface area contributed by atoms with E-state index in [0.29, 0.717) is 19.6 Å². The van der Waals surface area contributed by atoms with E-state index >= 15 is 0 Å². The van der Waals surface area contributed by atoms with Crippen molar-refractivity contribution < 1.29 is 10.0 Å². The van der Waals surface area contributed by atoms with Crippen molar-refractivity contribution in [3.63, 3.8) is 0 Å². The average Bonchev–Trinajstić information content (AvgIpc) is 2.37. The highest BCUT2D eigenvalue weighted by atomic mass is 16.6. The van der Waals surface area contributed by atoms with Gasteiger partial charge in [0.2, 0.25) is 5.82 Å². The van der Waals surface area contributed by atoms with Gasteiger partial charge in [0.05, 0.1) is 11.0 Å². The summed E-state index contributed by atoms with van der Waals surface area (Å²) in [5, 5.41) is 34.5.